The Morgan fingerprint density at radius 2 is 1.72 bits per heavy atom. The number of carboxylic acids is 1. The number of aliphatic hydroxyl groups is 1. The number of carbonyl (C=O) groups is 1. The Hall–Kier alpha value is -2.94. The molecule has 2 atom stereocenters. The number of hydrogen-bond acceptors (Lipinski definition) is 7. The van der Waals surface area contributed by atoms with Gasteiger partial charge in [-0.25, -0.2) is 4.98 Å². The van der Waals surface area contributed by atoms with Crippen LogP contribution in [0.5, 0.6) is 5.75 Å². The number of rotatable bonds is 8. The van der Waals surface area contributed by atoms with E-state index in [1.165, 1.54) is 0 Å². The van der Waals surface area contributed by atoms with Gasteiger partial charge in [0.25, 0.3) is 0 Å². The molecule has 0 aliphatic carbocycles. The van der Waals surface area contributed by atoms with E-state index >= 15 is 0 Å². The summed E-state index contributed by atoms with van der Waals surface area (Å²) < 4.78 is 11.6. The number of aliphatic hydroxyl groups excluding tert-OH is 1. The van der Waals surface area contributed by atoms with Crippen LogP contribution in [-0.4, -0.2) is 40.2 Å². The van der Waals surface area contributed by atoms with Crippen molar-refractivity contribution in [1.82, 2.24) is 9.88 Å². The van der Waals surface area contributed by atoms with E-state index in [-0.39, 0.29) is 35.6 Å². The predicted molar refractivity (Wildman–Crippen MR) is 128 cm³/mol. The summed E-state index contributed by atoms with van der Waals surface area (Å²) in [5, 5.41) is 21.2. The van der Waals surface area contributed by atoms with Crippen molar-refractivity contribution < 1.29 is 53.7 Å². The van der Waals surface area contributed by atoms with Gasteiger partial charge in [-0.1, -0.05) is 72.8 Å². The Kier molecular flexibility index (Phi) is 8.61. The van der Waals surface area contributed by atoms with Crippen LogP contribution in [0.15, 0.2) is 89.3 Å². The molecule has 4 aromatic rings. The van der Waals surface area contributed by atoms with Crippen molar-refractivity contribution in [2.45, 2.75) is 25.1 Å². The van der Waals surface area contributed by atoms with Gasteiger partial charge in [0.2, 0.25) is 5.89 Å². The minimum Gasteiger partial charge on any atom is -0.546 e. The van der Waals surface area contributed by atoms with E-state index < -0.39 is 18.7 Å². The molecule has 3 aromatic carbocycles. The van der Waals surface area contributed by atoms with Gasteiger partial charge in [-0.05, 0) is 24.1 Å². The average Bonchev–Trinajstić information content (AvgIpc) is 3.48. The molecular formula is C28H25N2NaO5. The third kappa shape index (κ3) is 6.06. The van der Waals surface area contributed by atoms with Crippen LogP contribution in [0.25, 0.3) is 22.6 Å². The molecule has 0 bridgehead atoms. The third-order valence-corrected chi connectivity index (χ3v) is 6.03. The summed E-state index contributed by atoms with van der Waals surface area (Å²) in [6, 6.07) is 26.8. The molecule has 7 nitrogen and oxygen atoms in total. The molecule has 36 heavy (non-hydrogen) atoms. The number of nitrogens with zero attached hydrogens (tertiary/aromatic N) is 2. The number of benzene rings is 3. The van der Waals surface area contributed by atoms with Gasteiger partial charge in [0, 0.05) is 24.2 Å². The summed E-state index contributed by atoms with van der Waals surface area (Å²) in [4.78, 5) is 17.8. The molecule has 1 aliphatic heterocycles. The minimum atomic E-state index is -1.27. The van der Waals surface area contributed by atoms with Crippen LogP contribution in [0.2, 0.25) is 0 Å². The minimum absolute atomic E-state index is 0. The molecule has 2 heterocycles. The van der Waals surface area contributed by atoms with Crippen LogP contribution < -0.4 is 39.4 Å². The van der Waals surface area contributed by atoms with Gasteiger partial charge < -0.3 is 24.2 Å². The van der Waals surface area contributed by atoms with Crippen molar-refractivity contribution in [2.24, 2.45) is 0 Å². The van der Waals surface area contributed by atoms with Crippen LogP contribution in [0.3, 0.4) is 0 Å². The van der Waals surface area contributed by atoms with Crippen LogP contribution >= 0.6 is 0 Å². The Bertz CT molecular complexity index is 1240. The quantitative estimate of drug-likeness (QED) is 0.357. The summed E-state index contributed by atoms with van der Waals surface area (Å²) in [6.07, 6.45) is -0.00566. The van der Waals surface area contributed by atoms with Crippen molar-refractivity contribution >= 4 is 5.97 Å². The molecule has 0 unspecified atom stereocenters. The summed E-state index contributed by atoms with van der Waals surface area (Å²) in [5.74, 6) is 0.441. The average molecular weight is 493 g/mol. The molecule has 8 heteroatoms. The second-order valence-electron chi connectivity index (χ2n) is 8.60. The van der Waals surface area contributed by atoms with Crippen molar-refractivity contribution in [3.63, 3.8) is 0 Å². The summed E-state index contributed by atoms with van der Waals surface area (Å²) in [5.41, 5.74) is 3.60. The number of hydrogen-bond donors (Lipinski definition) is 1. The molecule has 0 saturated carbocycles. The first kappa shape index (κ1) is 26.1. The van der Waals surface area contributed by atoms with E-state index in [2.05, 4.69) is 4.90 Å². The zero-order valence-corrected chi connectivity index (χ0v) is 22.0. The topological polar surface area (TPSA) is 98.9 Å². The van der Waals surface area contributed by atoms with Gasteiger partial charge in [-0.15, -0.1) is 0 Å². The second kappa shape index (κ2) is 11.9. The zero-order valence-electron chi connectivity index (χ0n) is 20.0. The molecule has 0 amide bonds. The van der Waals surface area contributed by atoms with Crippen LogP contribution in [-0.2, 0) is 11.3 Å². The molecule has 1 aromatic heterocycles. The molecule has 1 N–H and O–H groups in total. The number of carbonyl (C=O) groups excluding carboxylic acids is 1. The van der Waals surface area contributed by atoms with Gasteiger partial charge in [0.05, 0.1) is 18.1 Å². The first-order valence-corrected chi connectivity index (χ1v) is 11.5. The van der Waals surface area contributed by atoms with E-state index in [4.69, 9.17) is 14.1 Å². The standard InChI is InChI=1S/C28H26N2O5.Na/c31-22-15-24(30(17-22)16-19-8-7-13-23(14-19)34-18-25(32)33)28-29-26(20-9-3-1-4-10-20)27(35-28)21-11-5-2-6-12-21;/h1-14,22,24,31H,15-18H2,(H,32,33);/q;+1/p-1/t22-,24-;/m1./s1. The number of likely N-dealkylation sites (tertiary alicyclic amines) is 1. The van der Waals surface area contributed by atoms with Gasteiger partial charge >= 0.3 is 29.6 Å². The number of ether oxygens (including phenoxy) is 1. The summed E-state index contributed by atoms with van der Waals surface area (Å²) >= 11 is 0. The summed E-state index contributed by atoms with van der Waals surface area (Å²) in [7, 11) is 0. The van der Waals surface area contributed by atoms with Gasteiger partial charge in [-0.2, -0.15) is 0 Å². The first-order chi connectivity index (χ1) is 17.1. The molecular weight excluding hydrogens is 467 g/mol. The Morgan fingerprint density at radius 1 is 1.03 bits per heavy atom. The van der Waals surface area contributed by atoms with Gasteiger partial charge in [0.15, 0.2) is 5.76 Å². The smallest absolute Gasteiger partial charge is 0.546 e. The maximum absolute atomic E-state index is 10.7. The Balaban J connectivity index is 0.00000304. The SMILES string of the molecule is O=C([O-])COc1cccc(CN2C[C@H](O)C[C@@H]2c2nc(-c3ccccc3)c(-c3ccccc3)o2)c1.[Na+]. The van der Waals surface area contributed by atoms with Gasteiger partial charge in [0.1, 0.15) is 18.1 Å². The normalized spacial score (nSPS) is 17.5. The Morgan fingerprint density at radius 3 is 2.42 bits per heavy atom. The molecule has 5 rings (SSSR count). The molecule has 178 valence electrons. The number of β-amino-alcohol motifs (C(OH)–C–C–N with tert-alkyl or cyclic N) is 1. The second-order valence-corrected chi connectivity index (χ2v) is 8.60. The van der Waals surface area contributed by atoms with E-state index in [0.29, 0.717) is 36.9 Å². The van der Waals surface area contributed by atoms with Crippen molar-refractivity contribution in [3.8, 4) is 28.3 Å². The van der Waals surface area contributed by atoms with Crippen molar-refractivity contribution in [3.05, 3.63) is 96.4 Å². The first-order valence-electron chi connectivity index (χ1n) is 11.5. The third-order valence-electron chi connectivity index (χ3n) is 6.03. The fourth-order valence-corrected chi connectivity index (χ4v) is 4.48. The van der Waals surface area contributed by atoms with E-state index in [0.717, 1.165) is 22.4 Å². The van der Waals surface area contributed by atoms with E-state index in [1.54, 1.807) is 12.1 Å². The maximum Gasteiger partial charge on any atom is 1.00 e. The van der Waals surface area contributed by atoms with Crippen LogP contribution in [0, 0.1) is 0 Å². The molecule has 1 fully saturated rings. The number of carboxylic acid groups (broad SMARTS) is 1. The molecule has 0 radical (unpaired) electrons. The molecule has 1 saturated heterocycles. The Labute approximate surface area is 231 Å². The van der Waals surface area contributed by atoms with E-state index in [1.807, 2.05) is 72.8 Å². The van der Waals surface area contributed by atoms with Crippen molar-refractivity contribution in [1.29, 1.82) is 0 Å². The van der Waals surface area contributed by atoms with Crippen LogP contribution in [0.1, 0.15) is 23.9 Å². The fraction of sp³-hybridized carbons (Fsp3) is 0.214. The number of aliphatic carboxylic acids is 1. The van der Waals surface area contributed by atoms with Crippen LogP contribution in [0.4, 0.5) is 0 Å². The zero-order chi connectivity index (χ0) is 24.2. The fourth-order valence-electron chi connectivity index (χ4n) is 4.48. The number of oxazole rings is 1. The molecule has 1 aliphatic rings. The monoisotopic (exact) mass is 492 g/mol. The molecule has 0 spiro atoms. The number of aromatic nitrogens is 1. The maximum atomic E-state index is 10.7. The predicted octanol–water partition coefficient (Wildman–Crippen LogP) is 0.449. The van der Waals surface area contributed by atoms with Gasteiger partial charge in [-0.3, -0.25) is 4.90 Å². The van der Waals surface area contributed by atoms with Crippen molar-refractivity contribution in [2.75, 3.05) is 13.2 Å². The summed E-state index contributed by atoms with van der Waals surface area (Å²) in [6.45, 7) is 0.488. The largest absolute Gasteiger partial charge is 1.00 e. The van der Waals surface area contributed by atoms with E-state index in [9.17, 15) is 15.0 Å².